The van der Waals surface area contributed by atoms with Gasteiger partial charge in [-0.1, -0.05) is 28.1 Å². The van der Waals surface area contributed by atoms with Crippen LogP contribution in [0.15, 0.2) is 38.4 Å². The number of aromatic nitrogens is 1. The summed E-state index contributed by atoms with van der Waals surface area (Å²) in [5.74, 6) is 0.336. The summed E-state index contributed by atoms with van der Waals surface area (Å²) in [5.41, 5.74) is 7.11. The topological polar surface area (TPSA) is 69.1 Å². The molecule has 1 atom stereocenters. The highest BCUT2D eigenvalue weighted by molar-refractivity contribution is 9.10. The molecule has 0 bridgehead atoms. The Hall–Kier alpha value is -1.27. The molecule has 0 fully saturated rings. The van der Waals surface area contributed by atoms with Crippen molar-refractivity contribution >= 4 is 33.6 Å². The van der Waals surface area contributed by atoms with Crippen LogP contribution < -0.4 is 5.73 Å². The summed E-state index contributed by atoms with van der Waals surface area (Å²) in [7, 11) is 0. The Balaban J connectivity index is 2.26. The van der Waals surface area contributed by atoms with Crippen LogP contribution in [0.5, 0.6) is 0 Å². The quantitative estimate of drug-likeness (QED) is 0.866. The molecule has 100 valence electrons. The number of carbonyl (C=O) groups is 1. The van der Waals surface area contributed by atoms with Gasteiger partial charge in [0, 0.05) is 4.47 Å². The molecule has 6 heteroatoms. The number of benzene rings is 1. The van der Waals surface area contributed by atoms with Gasteiger partial charge in [0.05, 0.1) is 5.69 Å². The van der Waals surface area contributed by atoms with Gasteiger partial charge >= 0.3 is 0 Å². The molecule has 0 aliphatic heterocycles. The maximum absolute atomic E-state index is 11.6. The van der Waals surface area contributed by atoms with Gasteiger partial charge in [-0.15, -0.1) is 0 Å². The minimum Gasteiger partial charge on any atom is -0.437 e. The van der Waals surface area contributed by atoms with Crippen molar-refractivity contribution in [3.63, 3.8) is 0 Å². The summed E-state index contributed by atoms with van der Waals surface area (Å²) in [6.45, 7) is 3.70. The van der Waals surface area contributed by atoms with E-state index in [1.165, 1.54) is 11.8 Å². The van der Waals surface area contributed by atoms with Crippen molar-refractivity contribution in [1.29, 1.82) is 0 Å². The number of halogens is 1. The van der Waals surface area contributed by atoms with Crippen molar-refractivity contribution in [2.24, 2.45) is 5.73 Å². The number of primary amides is 1. The molecule has 2 N–H and O–H groups in total. The Bertz CT molecular complexity index is 576. The molecule has 4 nitrogen and oxygen atoms in total. The van der Waals surface area contributed by atoms with E-state index in [2.05, 4.69) is 20.9 Å². The highest BCUT2D eigenvalue weighted by Crippen LogP contribution is 2.35. The van der Waals surface area contributed by atoms with E-state index in [0.717, 1.165) is 21.5 Å². The highest BCUT2D eigenvalue weighted by Gasteiger charge is 2.22. The fourth-order valence-electron chi connectivity index (χ4n) is 1.52. The third-order valence-electron chi connectivity index (χ3n) is 2.66. The van der Waals surface area contributed by atoms with Crippen molar-refractivity contribution in [2.75, 3.05) is 0 Å². The van der Waals surface area contributed by atoms with Crippen LogP contribution in [-0.4, -0.2) is 10.9 Å². The average Bonchev–Trinajstić information content (AvgIpc) is 2.67. The number of oxazole rings is 1. The number of hydrogen-bond acceptors (Lipinski definition) is 4. The molecule has 0 aliphatic rings. The van der Waals surface area contributed by atoms with Crippen LogP contribution in [0.1, 0.15) is 22.3 Å². The van der Waals surface area contributed by atoms with Crippen LogP contribution in [0.25, 0.3) is 0 Å². The van der Waals surface area contributed by atoms with Crippen molar-refractivity contribution in [3.8, 4) is 0 Å². The Morgan fingerprint density at radius 3 is 2.47 bits per heavy atom. The van der Waals surface area contributed by atoms with Gasteiger partial charge in [-0.3, -0.25) is 4.79 Å². The smallest absolute Gasteiger partial charge is 0.257 e. The van der Waals surface area contributed by atoms with E-state index in [9.17, 15) is 4.79 Å². The third-order valence-corrected chi connectivity index (χ3v) is 4.30. The number of hydrogen-bond donors (Lipinski definition) is 1. The Kier molecular flexibility index (Phi) is 4.31. The second-order valence-corrected chi connectivity index (χ2v) is 6.05. The highest BCUT2D eigenvalue weighted by atomic mass is 79.9. The number of thioether (sulfide) groups is 1. The zero-order valence-corrected chi connectivity index (χ0v) is 12.9. The van der Waals surface area contributed by atoms with Crippen molar-refractivity contribution in [3.05, 3.63) is 45.8 Å². The van der Waals surface area contributed by atoms with E-state index in [1.54, 1.807) is 0 Å². The number of rotatable bonds is 4. The van der Waals surface area contributed by atoms with Crippen molar-refractivity contribution < 1.29 is 9.21 Å². The zero-order valence-electron chi connectivity index (χ0n) is 10.5. The summed E-state index contributed by atoms with van der Waals surface area (Å²) in [6, 6.07) is 7.46. The van der Waals surface area contributed by atoms with Crippen LogP contribution in [0.4, 0.5) is 0 Å². The first-order chi connectivity index (χ1) is 8.97. The first kappa shape index (κ1) is 14.1. The maximum Gasteiger partial charge on any atom is 0.257 e. The number of carbonyl (C=O) groups excluding carboxylic acids is 1. The van der Waals surface area contributed by atoms with Gasteiger partial charge in [0.1, 0.15) is 11.0 Å². The van der Waals surface area contributed by atoms with E-state index >= 15 is 0 Å². The zero-order chi connectivity index (χ0) is 14.0. The van der Waals surface area contributed by atoms with Crippen LogP contribution in [0.3, 0.4) is 0 Å². The fraction of sp³-hybridized carbons (Fsp3) is 0.231. The van der Waals surface area contributed by atoms with Gasteiger partial charge in [0.25, 0.3) is 5.22 Å². The molecule has 0 saturated heterocycles. The molecular formula is C13H13BrN2O2S. The number of nitrogens with zero attached hydrogens (tertiary/aromatic N) is 1. The maximum atomic E-state index is 11.6. The predicted molar refractivity (Wildman–Crippen MR) is 77.9 cm³/mol. The van der Waals surface area contributed by atoms with Gasteiger partial charge in [-0.2, -0.15) is 0 Å². The number of aryl methyl sites for hydroxylation is 2. The summed E-state index contributed by atoms with van der Waals surface area (Å²) >= 11 is 4.58. The molecule has 0 radical (unpaired) electrons. The molecule has 0 saturated carbocycles. The minimum atomic E-state index is -0.509. The third kappa shape index (κ3) is 3.39. The fourth-order valence-corrected chi connectivity index (χ4v) is 2.76. The number of amides is 1. The van der Waals surface area contributed by atoms with Gasteiger partial charge in [0.15, 0.2) is 0 Å². The largest absolute Gasteiger partial charge is 0.437 e. The molecule has 1 heterocycles. The minimum absolute atomic E-state index is 0.416. The second-order valence-electron chi connectivity index (χ2n) is 4.07. The predicted octanol–water partition coefficient (Wildman–Crippen LogP) is 3.37. The Labute approximate surface area is 123 Å². The van der Waals surface area contributed by atoms with E-state index in [1.807, 2.05) is 38.1 Å². The average molecular weight is 341 g/mol. The van der Waals surface area contributed by atoms with Crippen LogP contribution in [-0.2, 0) is 4.79 Å². The van der Waals surface area contributed by atoms with Crippen molar-refractivity contribution in [1.82, 2.24) is 4.98 Å². The molecule has 2 rings (SSSR count). The van der Waals surface area contributed by atoms with Gasteiger partial charge in [0.2, 0.25) is 5.91 Å². The molecule has 0 spiro atoms. The lowest BCUT2D eigenvalue weighted by Crippen LogP contribution is -2.18. The summed E-state index contributed by atoms with van der Waals surface area (Å²) in [4.78, 5) is 15.9. The molecular weight excluding hydrogens is 328 g/mol. The lowest BCUT2D eigenvalue weighted by molar-refractivity contribution is -0.117. The SMILES string of the molecule is Cc1nc(SC(C(N)=O)c2ccc(Br)cc2)oc1C. The van der Waals surface area contributed by atoms with Crippen LogP contribution >= 0.6 is 27.7 Å². The Morgan fingerprint density at radius 2 is 2.00 bits per heavy atom. The first-order valence-electron chi connectivity index (χ1n) is 5.63. The van der Waals surface area contributed by atoms with E-state index in [4.69, 9.17) is 10.2 Å². The second kappa shape index (κ2) is 5.79. The molecule has 0 aliphatic carbocycles. The lowest BCUT2D eigenvalue weighted by Gasteiger charge is -2.11. The molecule has 1 aromatic heterocycles. The van der Waals surface area contributed by atoms with Gasteiger partial charge in [-0.05, 0) is 43.3 Å². The summed E-state index contributed by atoms with van der Waals surface area (Å²) in [6.07, 6.45) is 0. The summed E-state index contributed by atoms with van der Waals surface area (Å²) < 4.78 is 6.43. The number of nitrogens with two attached hydrogens (primary N) is 1. The van der Waals surface area contributed by atoms with Gasteiger partial charge in [-0.25, -0.2) is 4.98 Å². The summed E-state index contributed by atoms with van der Waals surface area (Å²) in [5, 5.41) is -0.0488. The molecule has 1 unspecified atom stereocenters. The molecule has 2 aromatic rings. The molecule has 19 heavy (non-hydrogen) atoms. The van der Waals surface area contributed by atoms with E-state index in [0.29, 0.717) is 5.22 Å². The monoisotopic (exact) mass is 340 g/mol. The standard InChI is InChI=1S/C13H13BrN2O2S/c1-7-8(2)18-13(16-7)19-11(12(15)17)9-3-5-10(14)6-4-9/h3-6,11H,1-2H3,(H2,15,17). The van der Waals surface area contributed by atoms with Gasteiger partial charge < -0.3 is 10.2 Å². The van der Waals surface area contributed by atoms with Crippen LogP contribution in [0, 0.1) is 13.8 Å². The normalized spacial score (nSPS) is 12.4. The first-order valence-corrected chi connectivity index (χ1v) is 7.30. The van der Waals surface area contributed by atoms with Crippen LogP contribution in [0.2, 0.25) is 0 Å². The lowest BCUT2D eigenvalue weighted by atomic mass is 10.1. The van der Waals surface area contributed by atoms with Crippen molar-refractivity contribution in [2.45, 2.75) is 24.3 Å². The van der Waals surface area contributed by atoms with E-state index in [-0.39, 0.29) is 0 Å². The molecule has 1 amide bonds. The Morgan fingerprint density at radius 1 is 1.37 bits per heavy atom. The molecule has 1 aromatic carbocycles. The van der Waals surface area contributed by atoms with E-state index < -0.39 is 11.2 Å².